The maximum absolute atomic E-state index is 15.3. The summed E-state index contributed by atoms with van der Waals surface area (Å²) in [6.07, 6.45) is 9.95. The number of carbonyl (C=O) groups excluding carboxylic acids is 3. The highest BCUT2D eigenvalue weighted by Gasteiger charge is 2.26. The van der Waals surface area contributed by atoms with E-state index in [1.165, 1.54) is 42.8 Å². The number of ether oxygens (including phenoxy) is 1. The number of benzene rings is 2. The Labute approximate surface area is 327 Å². The first-order valence-corrected chi connectivity index (χ1v) is 19.6. The van der Waals surface area contributed by atoms with Gasteiger partial charge in [0.05, 0.1) is 17.8 Å². The van der Waals surface area contributed by atoms with Gasteiger partial charge in [-0.3, -0.25) is 19.4 Å². The van der Waals surface area contributed by atoms with Crippen molar-refractivity contribution in [1.82, 2.24) is 20.7 Å². The molecule has 0 spiro atoms. The largest absolute Gasteiger partial charge is 0.481 e. The Kier molecular flexibility index (Phi) is 19.4. The zero-order chi connectivity index (χ0) is 40.5. The minimum absolute atomic E-state index is 0.0360. The van der Waals surface area contributed by atoms with E-state index >= 15 is 4.39 Å². The molecule has 1 aliphatic heterocycles. The van der Waals surface area contributed by atoms with E-state index in [0.29, 0.717) is 40.5 Å². The van der Waals surface area contributed by atoms with E-state index in [1.807, 2.05) is 33.8 Å². The lowest BCUT2D eigenvalue weighted by molar-refractivity contribution is -0.131. The van der Waals surface area contributed by atoms with Gasteiger partial charge in [0.25, 0.3) is 11.8 Å². The highest BCUT2D eigenvalue weighted by atomic mass is 35.5. The van der Waals surface area contributed by atoms with Crippen molar-refractivity contribution in [3.05, 3.63) is 75.6 Å². The number of fused-ring (bicyclic) bond motifs is 1. The number of hydrogen-bond acceptors (Lipinski definition) is 6. The van der Waals surface area contributed by atoms with Crippen LogP contribution in [0, 0.1) is 24.6 Å². The Hall–Kier alpha value is -4.28. The molecule has 2 heterocycles. The summed E-state index contributed by atoms with van der Waals surface area (Å²) in [4.78, 5) is 40.3. The van der Waals surface area contributed by atoms with Crippen molar-refractivity contribution in [3.63, 3.8) is 0 Å². The summed E-state index contributed by atoms with van der Waals surface area (Å²) >= 11 is 6.84. The SMILES string of the molecule is CC.CCCCC(C)CC.CNC(=O)C(C)C.COc1nc(-c2ccc(F)c(-c3cccc(NC(=O)C4=CCNN(C)C4=O)c3C)c2Cl)cc2c1CCC2. The zero-order valence-electron chi connectivity index (χ0n) is 34.1. The Balaban J connectivity index is 0.000000497. The van der Waals surface area contributed by atoms with Crippen LogP contribution in [0.4, 0.5) is 10.1 Å². The van der Waals surface area contributed by atoms with E-state index < -0.39 is 17.6 Å². The van der Waals surface area contributed by atoms with Crippen molar-refractivity contribution in [2.24, 2.45) is 11.8 Å². The van der Waals surface area contributed by atoms with Crippen LogP contribution in [0.3, 0.4) is 0 Å². The summed E-state index contributed by atoms with van der Waals surface area (Å²) < 4.78 is 20.8. The van der Waals surface area contributed by atoms with E-state index in [1.54, 1.807) is 52.4 Å². The summed E-state index contributed by atoms with van der Waals surface area (Å²) in [5.74, 6) is 0.275. The van der Waals surface area contributed by atoms with E-state index in [4.69, 9.17) is 16.3 Å². The third-order valence-electron chi connectivity index (χ3n) is 9.40. The van der Waals surface area contributed by atoms with Crippen molar-refractivity contribution in [1.29, 1.82) is 0 Å². The molecule has 0 fully saturated rings. The van der Waals surface area contributed by atoms with Gasteiger partial charge in [-0.25, -0.2) is 14.8 Å². The number of anilines is 1. The molecule has 0 saturated carbocycles. The van der Waals surface area contributed by atoms with Crippen LogP contribution in [0.5, 0.6) is 5.88 Å². The van der Waals surface area contributed by atoms with Gasteiger partial charge in [0.2, 0.25) is 11.8 Å². The number of nitrogens with zero attached hydrogens (tertiary/aromatic N) is 2. The number of hydrazine groups is 1. The van der Waals surface area contributed by atoms with Crippen molar-refractivity contribution in [2.75, 3.05) is 33.1 Å². The van der Waals surface area contributed by atoms with Crippen molar-refractivity contribution in [3.8, 4) is 28.3 Å². The number of aromatic nitrogens is 1. The van der Waals surface area contributed by atoms with Gasteiger partial charge in [-0.2, -0.15) is 0 Å². The Morgan fingerprint density at radius 2 is 1.80 bits per heavy atom. The van der Waals surface area contributed by atoms with Crippen molar-refractivity contribution < 1.29 is 23.5 Å². The van der Waals surface area contributed by atoms with Gasteiger partial charge in [-0.1, -0.05) is 104 Å². The van der Waals surface area contributed by atoms with Gasteiger partial charge < -0.3 is 15.4 Å². The fourth-order valence-corrected chi connectivity index (χ4v) is 6.29. The summed E-state index contributed by atoms with van der Waals surface area (Å²) in [5, 5.41) is 6.80. The van der Waals surface area contributed by atoms with Gasteiger partial charge in [0, 0.05) is 48.9 Å². The van der Waals surface area contributed by atoms with E-state index in [2.05, 4.69) is 41.8 Å². The molecule has 5 rings (SSSR count). The smallest absolute Gasteiger partial charge is 0.273 e. The molecule has 0 radical (unpaired) electrons. The molecule has 0 saturated heterocycles. The van der Waals surface area contributed by atoms with Crippen LogP contribution >= 0.6 is 11.6 Å². The minimum Gasteiger partial charge on any atom is -0.481 e. The minimum atomic E-state index is -0.534. The predicted octanol–water partition coefficient (Wildman–Crippen LogP) is 9.49. The second-order valence-corrected chi connectivity index (χ2v) is 13.9. The molecule has 1 aromatic heterocycles. The Morgan fingerprint density at radius 3 is 2.39 bits per heavy atom. The lowest BCUT2D eigenvalue weighted by atomic mass is 9.95. The summed E-state index contributed by atoms with van der Waals surface area (Å²) in [6, 6.07) is 10.2. The second kappa shape index (κ2) is 22.8. The van der Waals surface area contributed by atoms with Crippen molar-refractivity contribution in [2.45, 2.75) is 100 Å². The summed E-state index contributed by atoms with van der Waals surface area (Å²) in [6.45, 7) is 16.7. The van der Waals surface area contributed by atoms with E-state index in [-0.39, 0.29) is 28.0 Å². The average molecular weight is 766 g/mol. The number of methoxy groups -OCH3 is 1. The van der Waals surface area contributed by atoms with Gasteiger partial charge >= 0.3 is 0 Å². The first-order chi connectivity index (χ1) is 25.8. The summed E-state index contributed by atoms with van der Waals surface area (Å²) in [5.41, 5.74) is 8.16. The number of nitrogens with one attached hydrogen (secondary N) is 3. The van der Waals surface area contributed by atoms with Gasteiger partial charge in [-0.05, 0) is 73.1 Å². The fourth-order valence-electron chi connectivity index (χ4n) is 5.94. The molecule has 11 heteroatoms. The molecule has 3 amide bonds. The molecule has 2 aromatic carbocycles. The normalized spacial score (nSPS) is 13.6. The number of halogens is 2. The quantitative estimate of drug-likeness (QED) is 0.177. The molecule has 1 atom stereocenters. The van der Waals surface area contributed by atoms with Crippen LogP contribution in [0.15, 0.2) is 48.0 Å². The predicted molar refractivity (Wildman–Crippen MR) is 220 cm³/mol. The maximum atomic E-state index is 15.3. The van der Waals surface area contributed by atoms with Gasteiger partial charge in [0.15, 0.2) is 0 Å². The van der Waals surface area contributed by atoms with Crippen LogP contribution < -0.4 is 20.8 Å². The van der Waals surface area contributed by atoms with Gasteiger partial charge in [-0.15, -0.1) is 0 Å². The monoisotopic (exact) mass is 765 g/mol. The number of likely N-dealkylation sites (N-methyl/N-ethyl adjacent to an activating group) is 1. The van der Waals surface area contributed by atoms with E-state index in [0.717, 1.165) is 36.3 Å². The third kappa shape index (κ3) is 12.1. The first kappa shape index (κ1) is 45.9. The number of hydrogen-bond donors (Lipinski definition) is 3. The molecule has 9 nitrogen and oxygen atoms in total. The average Bonchev–Trinajstić information content (AvgIpc) is 3.66. The van der Waals surface area contributed by atoms with Crippen LogP contribution in [0.25, 0.3) is 22.4 Å². The molecule has 296 valence electrons. The van der Waals surface area contributed by atoms with Crippen LogP contribution in [-0.2, 0) is 27.2 Å². The fraction of sp³-hybridized carbons (Fsp3) is 0.488. The molecule has 3 aromatic rings. The molecule has 3 N–H and O–H groups in total. The molecular weight excluding hydrogens is 705 g/mol. The van der Waals surface area contributed by atoms with E-state index in [9.17, 15) is 14.4 Å². The first-order valence-electron chi connectivity index (χ1n) is 19.2. The van der Waals surface area contributed by atoms with Crippen LogP contribution in [0.2, 0.25) is 5.02 Å². The second-order valence-electron chi connectivity index (χ2n) is 13.5. The molecule has 1 aliphatic carbocycles. The van der Waals surface area contributed by atoms with Crippen molar-refractivity contribution >= 4 is 35.0 Å². The standard InChI is InChI=1S/C28H26ClFN4O3.C8H18.C5H11NO.C2H6/c1-15-17(7-5-9-22(15)32-26(35)20-12-13-31-34(2)28(20)36)24-21(30)11-10-19(25(24)29)23-14-16-6-4-8-18(16)27(33-23)37-3;1-4-6-7-8(3)5-2;1-4(2)5(7)6-3;1-2/h5,7,9-12,14,31H,4,6,8,13H2,1-3H3,(H,32,35);8H,4-7H2,1-3H3;4H,1-3H3,(H,6,7);1-2H3. The lowest BCUT2D eigenvalue weighted by Gasteiger charge is -2.23. The topological polar surface area (TPSA) is 113 Å². The molecule has 0 bridgehead atoms. The molecule has 2 aliphatic rings. The molecule has 1 unspecified atom stereocenters. The van der Waals surface area contributed by atoms with Crippen LogP contribution in [-0.4, -0.2) is 55.5 Å². The highest BCUT2D eigenvalue weighted by molar-refractivity contribution is 6.36. The molecular formula is C43H61ClFN5O4. The number of aryl methyl sites for hydroxylation is 1. The number of pyridine rings is 1. The van der Waals surface area contributed by atoms with Crippen LogP contribution in [0.1, 0.15) is 97.3 Å². The Morgan fingerprint density at radius 1 is 1.09 bits per heavy atom. The maximum Gasteiger partial charge on any atom is 0.273 e. The zero-order valence-corrected chi connectivity index (χ0v) is 34.9. The van der Waals surface area contributed by atoms with Gasteiger partial charge in [0.1, 0.15) is 11.4 Å². The Bertz CT molecular complexity index is 1760. The number of amides is 3. The lowest BCUT2D eigenvalue weighted by Crippen LogP contribution is -2.46. The number of unbranched alkanes of at least 4 members (excludes halogenated alkanes) is 1. The third-order valence-corrected chi connectivity index (χ3v) is 9.79. The number of rotatable bonds is 10. The summed E-state index contributed by atoms with van der Waals surface area (Å²) in [7, 11) is 4.79. The number of carbonyl (C=O) groups is 3. The highest BCUT2D eigenvalue weighted by Crippen LogP contribution is 2.42. The molecule has 54 heavy (non-hydrogen) atoms.